The van der Waals surface area contributed by atoms with Gasteiger partial charge < -0.3 is 18.7 Å². The van der Waals surface area contributed by atoms with Crippen molar-refractivity contribution in [3.8, 4) is 5.75 Å². The Bertz CT molecular complexity index is 1450. The Morgan fingerprint density at radius 2 is 1.85 bits per heavy atom. The van der Waals surface area contributed by atoms with Crippen LogP contribution in [0.1, 0.15) is 35.0 Å². The second-order valence-electron chi connectivity index (χ2n) is 7.84. The highest BCUT2D eigenvalue weighted by Gasteiger charge is 2.46. The number of aliphatic hydroxyl groups excluding tert-OH is 1. The standard InChI is InChI=1S/C26H20ClNO6/c1-3-32-18-8-6-17(7-9-18)28-23(20-10-4-14(2)33-20)22(25(30)26(28)31)24(29)21-13-15-12-16(27)5-11-19(15)34-21/h4-13,23,30H,3H2,1-2H3. The number of nitrogens with zero attached hydrogens (tertiary/aromatic N) is 1. The first-order chi connectivity index (χ1) is 16.4. The molecule has 4 aromatic rings. The zero-order valence-corrected chi connectivity index (χ0v) is 19.1. The SMILES string of the molecule is CCOc1ccc(N2C(=O)C(O)=C(C(=O)c3cc4cc(Cl)ccc4o3)C2c2ccc(C)o2)cc1. The molecule has 1 atom stereocenters. The van der Waals surface area contributed by atoms with Crippen LogP contribution in [0.5, 0.6) is 5.75 Å². The zero-order chi connectivity index (χ0) is 24.0. The van der Waals surface area contributed by atoms with Gasteiger partial charge in [0.2, 0.25) is 5.78 Å². The van der Waals surface area contributed by atoms with Gasteiger partial charge in [0.05, 0.1) is 12.2 Å². The highest BCUT2D eigenvalue weighted by Crippen LogP contribution is 2.43. The molecule has 1 N–H and O–H groups in total. The third-order valence-electron chi connectivity index (χ3n) is 5.61. The minimum Gasteiger partial charge on any atom is -0.503 e. The number of hydrogen-bond donors (Lipinski definition) is 1. The predicted octanol–water partition coefficient (Wildman–Crippen LogP) is 6.17. The number of furan rings is 2. The summed E-state index contributed by atoms with van der Waals surface area (Å²) in [5, 5.41) is 12.0. The maximum Gasteiger partial charge on any atom is 0.294 e. The molecule has 1 unspecified atom stereocenters. The summed E-state index contributed by atoms with van der Waals surface area (Å²) in [7, 11) is 0. The summed E-state index contributed by atoms with van der Waals surface area (Å²) < 4.78 is 17.0. The van der Waals surface area contributed by atoms with Crippen molar-refractivity contribution in [2.24, 2.45) is 0 Å². The maximum absolute atomic E-state index is 13.6. The number of benzene rings is 2. The Hall–Kier alpha value is -3.97. The van der Waals surface area contributed by atoms with Crippen molar-refractivity contribution in [2.75, 3.05) is 11.5 Å². The van der Waals surface area contributed by atoms with Crippen molar-refractivity contribution in [1.82, 2.24) is 0 Å². The Balaban J connectivity index is 1.60. The first-order valence-electron chi connectivity index (χ1n) is 10.7. The third-order valence-corrected chi connectivity index (χ3v) is 5.85. The fourth-order valence-corrected chi connectivity index (χ4v) is 4.28. The smallest absolute Gasteiger partial charge is 0.294 e. The molecule has 0 aliphatic carbocycles. The monoisotopic (exact) mass is 477 g/mol. The van der Waals surface area contributed by atoms with E-state index in [2.05, 4.69) is 0 Å². The van der Waals surface area contributed by atoms with Gasteiger partial charge in [0.25, 0.3) is 5.91 Å². The molecule has 0 saturated heterocycles. The van der Waals surface area contributed by atoms with Crippen molar-refractivity contribution >= 4 is 39.9 Å². The van der Waals surface area contributed by atoms with E-state index in [1.807, 2.05) is 6.92 Å². The number of Topliss-reactive ketones (excluding diaryl/α,β-unsaturated/α-hetero) is 1. The van der Waals surface area contributed by atoms with Gasteiger partial charge >= 0.3 is 0 Å². The van der Waals surface area contributed by atoms with Gasteiger partial charge in [-0.05, 0) is 74.5 Å². The van der Waals surface area contributed by atoms with E-state index in [0.717, 1.165) is 0 Å². The number of halogens is 1. The van der Waals surface area contributed by atoms with Crippen LogP contribution in [0, 0.1) is 6.92 Å². The molecule has 0 fully saturated rings. The van der Waals surface area contributed by atoms with Crippen molar-refractivity contribution in [3.05, 3.63) is 94.3 Å². The normalized spacial score (nSPS) is 16.0. The predicted molar refractivity (Wildman–Crippen MR) is 126 cm³/mol. The highest BCUT2D eigenvalue weighted by molar-refractivity contribution is 6.31. The molecule has 7 nitrogen and oxygen atoms in total. The van der Waals surface area contributed by atoms with E-state index >= 15 is 0 Å². The number of aryl methyl sites for hydroxylation is 1. The fraction of sp³-hybridized carbons (Fsp3) is 0.154. The number of rotatable bonds is 6. The number of carbonyl (C=O) groups is 2. The summed E-state index contributed by atoms with van der Waals surface area (Å²) in [6.45, 7) is 4.13. The fourth-order valence-electron chi connectivity index (χ4n) is 4.10. The van der Waals surface area contributed by atoms with Crippen molar-refractivity contribution in [3.63, 3.8) is 0 Å². The number of hydrogen-bond acceptors (Lipinski definition) is 6. The average Bonchev–Trinajstić information content (AvgIpc) is 3.50. The van der Waals surface area contributed by atoms with E-state index < -0.39 is 23.5 Å². The Kier molecular flexibility index (Phi) is 5.42. The van der Waals surface area contributed by atoms with Crippen molar-refractivity contribution in [1.29, 1.82) is 0 Å². The van der Waals surface area contributed by atoms with Crippen LogP contribution in [-0.2, 0) is 4.79 Å². The number of fused-ring (bicyclic) bond motifs is 1. The quantitative estimate of drug-likeness (QED) is 0.334. The molecule has 1 amide bonds. The van der Waals surface area contributed by atoms with E-state index in [4.69, 9.17) is 25.2 Å². The average molecular weight is 478 g/mol. The van der Waals surface area contributed by atoms with Crippen LogP contribution in [-0.4, -0.2) is 23.4 Å². The molecule has 0 spiro atoms. The lowest BCUT2D eigenvalue weighted by molar-refractivity contribution is -0.117. The summed E-state index contributed by atoms with van der Waals surface area (Å²) in [4.78, 5) is 28.1. The number of anilines is 1. The van der Waals surface area contributed by atoms with Crippen LogP contribution < -0.4 is 9.64 Å². The first kappa shape index (κ1) is 21.9. The van der Waals surface area contributed by atoms with Crippen LogP contribution in [0.2, 0.25) is 5.02 Å². The summed E-state index contributed by atoms with van der Waals surface area (Å²) in [6.07, 6.45) is 0. The van der Waals surface area contributed by atoms with E-state index in [1.54, 1.807) is 61.5 Å². The topological polar surface area (TPSA) is 93.1 Å². The Morgan fingerprint density at radius 3 is 2.53 bits per heavy atom. The number of ether oxygens (including phenoxy) is 1. The van der Waals surface area contributed by atoms with Gasteiger partial charge in [-0.15, -0.1) is 0 Å². The molecule has 34 heavy (non-hydrogen) atoms. The number of carbonyl (C=O) groups excluding carboxylic acids is 2. The van der Waals surface area contributed by atoms with Gasteiger partial charge in [0, 0.05) is 16.1 Å². The third kappa shape index (κ3) is 3.64. The molecular formula is C26H20ClNO6. The molecule has 1 aliphatic heterocycles. The Labute approximate surface area is 199 Å². The van der Waals surface area contributed by atoms with E-state index in [1.165, 1.54) is 11.0 Å². The molecule has 5 rings (SSSR count). The Morgan fingerprint density at radius 1 is 1.09 bits per heavy atom. The van der Waals surface area contributed by atoms with Crippen molar-refractivity contribution < 1.29 is 28.3 Å². The van der Waals surface area contributed by atoms with Crippen LogP contribution in [0.15, 0.2) is 80.8 Å². The summed E-state index contributed by atoms with van der Waals surface area (Å²) >= 11 is 6.05. The van der Waals surface area contributed by atoms with Gasteiger partial charge in [-0.3, -0.25) is 14.5 Å². The molecule has 3 heterocycles. The summed E-state index contributed by atoms with van der Waals surface area (Å²) in [6, 6.07) is 15.8. The van der Waals surface area contributed by atoms with Crippen LogP contribution in [0.25, 0.3) is 11.0 Å². The lowest BCUT2D eigenvalue weighted by Gasteiger charge is -2.25. The minimum atomic E-state index is -0.983. The van der Waals surface area contributed by atoms with Crippen LogP contribution in [0.4, 0.5) is 5.69 Å². The number of ketones is 1. The van der Waals surface area contributed by atoms with Crippen LogP contribution >= 0.6 is 11.6 Å². The van der Waals surface area contributed by atoms with Gasteiger partial charge in [-0.25, -0.2) is 0 Å². The largest absolute Gasteiger partial charge is 0.503 e. The number of aliphatic hydroxyl groups is 1. The molecule has 0 radical (unpaired) electrons. The molecular weight excluding hydrogens is 458 g/mol. The van der Waals surface area contributed by atoms with Crippen molar-refractivity contribution in [2.45, 2.75) is 19.9 Å². The maximum atomic E-state index is 13.6. The van der Waals surface area contributed by atoms with Gasteiger partial charge in [-0.1, -0.05) is 11.6 Å². The first-order valence-corrected chi connectivity index (χ1v) is 11.0. The molecule has 8 heteroatoms. The molecule has 0 bridgehead atoms. The molecule has 172 valence electrons. The summed E-state index contributed by atoms with van der Waals surface area (Å²) in [5.74, 6) is -0.434. The van der Waals surface area contributed by atoms with E-state index in [9.17, 15) is 14.7 Å². The van der Waals surface area contributed by atoms with Gasteiger partial charge in [0.1, 0.15) is 28.9 Å². The highest BCUT2D eigenvalue weighted by atomic mass is 35.5. The zero-order valence-electron chi connectivity index (χ0n) is 18.4. The minimum absolute atomic E-state index is 0.0200. The lowest BCUT2D eigenvalue weighted by Crippen LogP contribution is -2.30. The molecule has 2 aromatic carbocycles. The van der Waals surface area contributed by atoms with Gasteiger partial charge in [0.15, 0.2) is 11.5 Å². The molecule has 1 aliphatic rings. The van der Waals surface area contributed by atoms with Crippen LogP contribution in [0.3, 0.4) is 0 Å². The summed E-state index contributed by atoms with van der Waals surface area (Å²) in [5.41, 5.74) is 0.808. The van der Waals surface area contributed by atoms with E-state index in [0.29, 0.717) is 45.6 Å². The molecule has 0 saturated carbocycles. The second kappa shape index (κ2) is 8.43. The van der Waals surface area contributed by atoms with Gasteiger partial charge in [-0.2, -0.15) is 0 Å². The number of amides is 1. The molecule has 2 aromatic heterocycles. The van der Waals surface area contributed by atoms with E-state index in [-0.39, 0.29) is 11.3 Å². The second-order valence-corrected chi connectivity index (χ2v) is 8.27. The lowest BCUT2D eigenvalue weighted by atomic mass is 9.99.